The standard InChI is InChI=1S/C17H21N3O2/c1-2-17(8-3-9-18-17)16(21)19-12-6-7-14-13(10-12)20-15(22-14)11-4-5-11/h6-7,10-11,18H,2-5,8-9H2,1H3,(H,19,21). The summed E-state index contributed by atoms with van der Waals surface area (Å²) >= 11 is 0. The van der Waals surface area contributed by atoms with Crippen LogP contribution in [0.5, 0.6) is 0 Å². The first-order valence-corrected chi connectivity index (χ1v) is 8.17. The molecule has 1 aliphatic heterocycles. The van der Waals surface area contributed by atoms with E-state index in [-0.39, 0.29) is 5.91 Å². The molecule has 2 heterocycles. The molecular weight excluding hydrogens is 278 g/mol. The van der Waals surface area contributed by atoms with E-state index in [2.05, 4.69) is 22.5 Å². The van der Waals surface area contributed by atoms with Gasteiger partial charge in [-0.2, -0.15) is 0 Å². The molecule has 0 spiro atoms. The first-order chi connectivity index (χ1) is 10.7. The molecule has 4 rings (SSSR count). The topological polar surface area (TPSA) is 67.2 Å². The molecule has 2 aliphatic rings. The number of oxazole rings is 1. The smallest absolute Gasteiger partial charge is 0.244 e. The molecule has 2 N–H and O–H groups in total. The monoisotopic (exact) mass is 299 g/mol. The molecule has 2 aromatic rings. The number of nitrogens with zero attached hydrogens (tertiary/aromatic N) is 1. The predicted molar refractivity (Wildman–Crippen MR) is 84.9 cm³/mol. The zero-order valence-corrected chi connectivity index (χ0v) is 12.8. The second-order valence-corrected chi connectivity index (χ2v) is 6.43. The average Bonchev–Trinajstić information content (AvgIpc) is 3.11. The van der Waals surface area contributed by atoms with E-state index in [4.69, 9.17) is 4.42 Å². The Labute approximate surface area is 129 Å². The van der Waals surface area contributed by atoms with E-state index in [0.29, 0.717) is 5.92 Å². The molecule has 1 amide bonds. The Bertz CT molecular complexity index is 712. The molecule has 1 unspecified atom stereocenters. The molecule has 1 aromatic carbocycles. The summed E-state index contributed by atoms with van der Waals surface area (Å²) in [4.78, 5) is 17.2. The molecule has 1 atom stereocenters. The Kier molecular flexibility index (Phi) is 3.18. The van der Waals surface area contributed by atoms with E-state index in [9.17, 15) is 4.79 Å². The molecule has 0 radical (unpaired) electrons. The summed E-state index contributed by atoms with van der Waals surface area (Å²) in [6, 6.07) is 5.69. The van der Waals surface area contributed by atoms with Crippen molar-refractivity contribution in [3.8, 4) is 0 Å². The number of aromatic nitrogens is 1. The normalized spacial score (nSPS) is 24.8. The van der Waals surface area contributed by atoms with Gasteiger partial charge in [0, 0.05) is 11.6 Å². The highest BCUT2D eigenvalue weighted by Crippen LogP contribution is 2.40. The number of nitrogens with one attached hydrogen (secondary N) is 2. The number of rotatable bonds is 4. The largest absolute Gasteiger partial charge is 0.440 e. The van der Waals surface area contributed by atoms with Crippen molar-refractivity contribution >= 4 is 22.7 Å². The van der Waals surface area contributed by atoms with Crippen LogP contribution in [-0.2, 0) is 4.79 Å². The van der Waals surface area contributed by atoms with Gasteiger partial charge in [0.25, 0.3) is 0 Å². The van der Waals surface area contributed by atoms with E-state index >= 15 is 0 Å². The van der Waals surface area contributed by atoms with Gasteiger partial charge >= 0.3 is 0 Å². The number of hydrogen-bond acceptors (Lipinski definition) is 4. The van der Waals surface area contributed by atoms with Gasteiger partial charge in [-0.15, -0.1) is 0 Å². The van der Waals surface area contributed by atoms with Crippen molar-refractivity contribution in [1.29, 1.82) is 0 Å². The minimum Gasteiger partial charge on any atom is -0.440 e. The molecule has 1 aliphatic carbocycles. The number of hydrogen-bond donors (Lipinski definition) is 2. The van der Waals surface area contributed by atoms with Crippen LogP contribution >= 0.6 is 0 Å². The van der Waals surface area contributed by atoms with E-state index in [1.807, 2.05) is 18.2 Å². The molecule has 22 heavy (non-hydrogen) atoms. The fraction of sp³-hybridized carbons (Fsp3) is 0.529. The van der Waals surface area contributed by atoms with Crippen LogP contribution in [0.15, 0.2) is 22.6 Å². The lowest BCUT2D eigenvalue weighted by Gasteiger charge is -2.26. The molecule has 2 fully saturated rings. The molecule has 116 valence electrons. The van der Waals surface area contributed by atoms with Gasteiger partial charge < -0.3 is 15.1 Å². The number of benzene rings is 1. The van der Waals surface area contributed by atoms with Crippen LogP contribution in [0.25, 0.3) is 11.1 Å². The van der Waals surface area contributed by atoms with Crippen LogP contribution < -0.4 is 10.6 Å². The molecule has 5 heteroatoms. The second kappa shape index (κ2) is 5.09. The maximum atomic E-state index is 12.6. The number of amides is 1. The fourth-order valence-corrected chi connectivity index (χ4v) is 3.24. The van der Waals surface area contributed by atoms with Crippen LogP contribution in [0.4, 0.5) is 5.69 Å². The Hall–Kier alpha value is -1.88. The minimum absolute atomic E-state index is 0.0535. The third kappa shape index (κ3) is 2.29. The van der Waals surface area contributed by atoms with Gasteiger partial charge in [-0.25, -0.2) is 4.98 Å². The van der Waals surface area contributed by atoms with Crippen molar-refractivity contribution in [1.82, 2.24) is 10.3 Å². The Balaban J connectivity index is 1.57. The molecule has 0 bridgehead atoms. The van der Waals surface area contributed by atoms with Crippen LogP contribution in [-0.4, -0.2) is 23.0 Å². The maximum absolute atomic E-state index is 12.6. The van der Waals surface area contributed by atoms with Crippen LogP contribution in [0.2, 0.25) is 0 Å². The third-order valence-corrected chi connectivity index (χ3v) is 4.87. The lowest BCUT2D eigenvalue weighted by atomic mass is 9.93. The third-order valence-electron chi connectivity index (χ3n) is 4.87. The van der Waals surface area contributed by atoms with Crippen molar-refractivity contribution in [3.63, 3.8) is 0 Å². The molecule has 1 aromatic heterocycles. The SMILES string of the molecule is CCC1(C(=O)Nc2ccc3oc(C4CC4)nc3c2)CCCN1. The molecule has 5 nitrogen and oxygen atoms in total. The summed E-state index contributed by atoms with van der Waals surface area (Å²) in [5.74, 6) is 1.38. The van der Waals surface area contributed by atoms with E-state index in [1.54, 1.807) is 0 Å². The summed E-state index contributed by atoms with van der Waals surface area (Å²) in [6.07, 6.45) is 5.08. The van der Waals surface area contributed by atoms with Gasteiger partial charge in [-0.05, 0) is 56.8 Å². The van der Waals surface area contributed by atoms with Crippen LogP contribution in [0.3, 0.4) is 0 Å². The molecule has 1 saturated heterocycles. The highest BCUT2D eigenvalue weighted by Gasteiger charge is 2.39. The summed E-state index contributed by atoms with van der Waals surface area (Å²) in [7, 11) is 0. The second-order valence-electron chi connectivity index (χ2n) is 6.43. The van der Waals surface area contributed by atoms with E-state index in [1.165, 1.54) is 12.8 Å². The first kappa shape index (κ1) is 13.8. The maximum Gasteiger partial charge on any atom is 0.244 e. The fourth-order valence-electron chi connectivity index (χ4n) is 3.24. The van der Waals surface area contributed by atoms with Gasteiger partial charge in [0.05, 0.1) is 5.54 Å². The van der Waals surface area contributed by atoms with E-state index in [0.717, 1.165) is 48.5 Å². The summed E-state index contributed by atoms with van der Waals surface area (Å²) in [5.41, 5.74) is 1.99. The Morgan fingerprint density at radius 2 is 2.36 bits per heavy atom. The Morgan fingerprint density at radius 1 is 1.50 bits per heavy atom. The first-order valence-electron chi connectivity index (χ1n) is 8.17. The van der Waals surface area contributed by atoms with Gasteiger partial charge in [0.15, 0.2) is 11.5 Å². The van der Waals surface area contributed by atoms with Gasteiger partial charge in [0.1, 0.15) is 5.52 Å². The summed E-state index contributed by atoms with van der Waals surface area (Å²) < 4.78 is 5.76. The zero-order valence-electron chi connectivity index (χ0n) is 12.8. The average molecular weight is 299 g/mol. The highest BCUT2D eigenvalue weighted by molar-refractivity contribution is 5.99. The van der Waals surface area contributed by atoms with Crippen LogP contribution in [0.1, 0.15) is 50.8 Å². The number of carbonyl (C=O) groups excluding carboxylic acids is 1. The van der Waals surface area contributed by atoms with Crippen molar-refractivity contribution < 1.29 is 9.21 Å². The highest BCUT2D eigenvalue weighted by atomic mass is 16.3. The van der Waals surface area contributed by atoms with Gasteiger partial charge in [-0.3, -0.25) is 4.79 Å². The molecule has 1 saturated carbocycles. The predicted octanol–water partition coefficient (Wildman–Crippen LogP) is 3.18. The lowest BCUT2D eigenvalue weighted by molar-refractivity contribution is -0.122. The number of carbonyl (C=O) groups is 1. The summed E-state index contributed by atoms with van der Waals surface area (Å²) in [6.45, 7) is 2.97. The van der Waals surface area contributed by atoms with Crippen LogP contribution in [0, 0.1) is 0 Å². The quantitative estimate of drug-likeness (QED) is 0.910. The van der Waals surface area contributed by atoms with Gasteiger partial charge in [0.2, 0.25) is 5.91 Å². The van der Waals surface area contributed by atoms with Crippen molar-refractivity contribution in [3.05, 3.63) is 24.1 Å². The lowest BCUT2D eigenvalue weighted by Crippen LogP contribution is -2.50. The van der Waals surface area contributed by atoms with Crippen molar-refractivity contribution in [2.24, 2.45) is 0 Å². The van der Waals surface area contributed by atoms with E-state index < -0.39 is 5.54 Å². The Morgan fingerprint density at radius 3 is 3.05 bits per heavy atom. The number of fused-ring (bicyclic) bond motifs is 1. The number of anilines is 1. The van der Waals surface area contributed by atoms with Crippen molar-refractivity contribution in [2.75, 3.05) is 11.9 Å². The minimum atomic E-state index is -0.419. The zero-order chi connectivity index (χ0) is 15.2. The van der Waals surface area contributed by atoms with Crippen molar-refractivity contribution in [2.45, 2.75) is 50.5 Å². The van der Waals surface area contributed by atoms with Gasteiger partial charge in [-0.1, -0.05) is 6.92 Å². The molecular formula is C17H21N3O2. The summed E-state index contributed by atoms with van der Waals surface area (Å²) in [5, 5.41) is 6.40.